The van der Waals surface area contributed by atoms with Crippen molar-refractivity contribution in [2.45, 2.75) is 59.9 Å². The lowest BCUT2D eigenvalue weighted by atomic mass is 10.5. The predicted molar refractivity (Wildman–Crippen MR) is 68.8 cm³/mol. The zero-order valence-corrected chi connectivity index (χ0v) is 11.7. The topological polar surface area (TPSA) is 124 Å². The van der Waals surface area contributed by atoms with Crippen molar-refractivity contribution >= 4 is 5.97 Å². The van der Waals surface area contributed by atoms with Crippen LogP contribution in [0, 0.1) is 0 Å². The van der Waals surface area contributed by atoms with Gasteiger partial charge in [0, 0.05) is 18.3 Å². The van der Waals surface area contributed by atoms with Gasteiger partial charge < -0.3 is 26.2 Å². The lowest BCUT2D eigenvalue weighted by molar-refractivity contribution is -0.135. The van der Waals surface area contributed by atoms with Crippen molar-refractivity contribution in [2.75, 3.05) is 6.54 Å². The van der Waals surface area contributed by atoms with Gasteiger partial charge in [-0.15, -0.1) is 0 Å². The van der Waals surface area contributed by atoms with E-state index in [-0.39, 0.29) is 24.9 Å². The molecule has 0 radical (unpaired) electrons. The molecule has 6 N–H and O–H groups in total. The van der Waals surface area contributed by atoms with E-state index in [2.05, 4.69) is 5.73 Å². The number of hydrogen-bond acceptors (Lipinski definition) is 5. The third kappa shape index (κ3) is 1580. The second kappa shape index (κ2) is 20.7. The third-order valence-corrected chi connectivity index (χ3v) is 0.175. The zero-order chi connectivity index (χ0) is 15.0. The number of aliphatic hydroxyl groups excluding tert-OH is 3. The van der Waals surface area contributed by atoms with Crippen molar-refractivity contribution in [3.05, 3.63) is 0 Å². The number of aliphatic hydroxyl groups is 3. The first-order valence-corrected chi connectivity index (χ1v) is 5.43. The van der Waals surface area contributed by atoms with Crippen molar-refractivity contribution in [3.8, 4) is 0 Å². The van der Waals surface area contributed by atoms with E-state index in [1.807, 2.05) is 0 Å². The van der Waals surface area contributed by atoms with Gasteiger partial charge in [0.2, 0.25) is 0 Å². The van der Waals surface area contributed by atoms with Crippen LogP contribution in [0.15, 0.2) is 0 Å². The minimum absolute atomic E-state index is 0.167. The summed E-state index contributed by atoms with van der Waals surface area (Å²) in [7, 11) is 0. The molecule has 17 heavy (non-hydrogen) atoms. The van der Waals surface area contributed by atoms with E-state index in [1.54, 1.807) is 41.5 Å². The molecule has 0 unspecified atom stereocenters. The van der Waals surface area contributed by atoms with Gasteiger partial charge >= 0.3 is 5.97 Å². The van der Waals surface area contributed by atoms with Crippen LogP contribution in [0.5, 0.6) is 0 Å². The lowest BCUT2D eigenvalue weighted by Gasteiger charge is -1.80. The van der Waals surface area contributed by atoms with Crippen LogP contribution in [0.2, 0.25) is 0 Å². The highest BCUT2D eigenvalue weighted by Gasteiger charge is 1.81. The summed E-state index contributed by atoms with van der Waals surface area (Å²) in [6.07, 6.45) is -0.500. The van der Waals surface area contributed by atoms with Crippen LogP contribution in [0.1, 0.15) is 41.5 Å². The van der Waals surface area contributed by atoms with Gasteiger partial charge in [0.05, 0.1) is 6.54 Å². The first kappa shape index (κ1) is 25.2. The second-order valence-electron chi connectivity index (χ2n) is 3.88. The van der Waals surface area contributed by atoms with E-state index < -0.39 is 5.97 Å². The van der Waals surface area contributed by atoms with Gasteiger partial charge in [-0.25, -0.2) is 0 Å². The highest BCUT2D eigenvalue weighted by atomic mass is 16.4. The molecule has 0 fully saturated rings. The predicted octanol–water partition coefficient (Wildman–Crippen LogP) is 0.191. The maximum Gasteiger partial charge on any atom is 0.317 e. The Morgan fingerprint density at radius 1 is 0.882 bits per heavy atom. The fraction of sp³-hybridized carbons (Fsp3) is 0.909. The van der Waals surface area contributed by atoms with Crippen LogP contribution in [-0.2, 0) is 4.79 Å². The Kier molecular flexibility index (Phi) is 30.7. The highest BCUT2D eigenvalue weighted by Crippen LogP contribution is 1.65. The first-order valence-electron chi connectivity index (χ1n) is 5.43. The fourth-order valence-corrected chi connectivity index (χ4v) is 0. The number of rotatable bonds is 1. The molecule has 6 heteroatoms. The summed E-state index contributed by atoms with van der Waals surface area (Å²) in [5.74, 6) is -0.968. The van der Waals surface area contributed by atoms with E-state index in [1.165, 1.54) is 0 Å². The number of nitrogens with two attached hydrogens (primary N) is 1. The molecular formula is C11H29NO5. The van der Waals surface area contributed by atoms with Gasteiger partial charge in [-0.05, 0) is 41.5 Å². The van der Waals surface area contributed by atoms with Crippen LogP contribution in [0.3, 0.4) is 0 Å². The fourth-order valence-electron chi connectivity index (χ4n) is 0. The summed E-state index contributed by atoms with van der Waals surface area (Å²) >= 11 is 0. The molecule has 0 aromatic rings. The van der Waals surface area contributed by atoms with E-state index in [4.69, 9.17) is 20.4 Å². The summed E-state index contributed by atoms with van der Waals surface area (Å²) in [5.41, 5.74) is 4.57. The highest BCUT2D eigenvalue weighted by molar-refractivity contribution is 5.68. The maximum atomic E-state index is 9.24. The largest absolute Gasteiger partial charge is 0.480 e. The summed E-state index contributed by atoms with van der Waals surface area (Å²) in [6, 6.07) is 0. The van der Waals surface area contributed by atoms with Crippen LogP contribution in [0.25, 0.3) is 0 Å². The van der Waals surface area contributed by atoms with Gasteiger partial charge in [0.25, 0.3) is 0 Å². The van der Waals surface area contributed by atoms with E-state index >= 15 is 0 Å². The van der Waals surface area contributed by atoms with Crippen molar-refractivity contribution in [1.82, 2.24) is 0 Å². The van der Waals surface area contributed by atoms with Gasteiger partial charge in [0.1, 0.15) is 0 Å². The van der Waals surface area contributed by atoms with Crippen LogP contribution in [-0.4, -0.2) is 51.3 Å². The molecule has 0 saturated heterocycles. The van der Waals surface area contributed by atoms with E-state index in [0.717, 1.165) is 0 Å². The Morgan fingerprint density at radius 3 is 0.941 bits per heavy atom. The molecule has 0 aromatic carbocycles. The SMILES string of the molecule is CC(C)O.CC(C)O.CC(C)O.NCC(=O)O. The summed E-state index contributed by atoms with van der Waals surface area (Å²) in [6.45, 7) is 10.1. The molecule has 0 aliphatic carbocycles. The van der Waals surface area contributed by atoms with Gasteiger partial charge in [0.15, 0.2) is 0 Å². The number of carboxylic acids is 1. The molecule has 0 saturated carbocycles. The molecule has 0 aliphatic rings. The first-order chi connectivity index (χ1) is 7.47. The third-order valence-electron chi connectivity index (χ3n) is 0.175. The Labute approximate surface area is 104 Å². The number of carboxylic acid groups (broad SMARTS) is 1. The number of hydrogen-bond donors (Lipinski definition) is 5. The Morgan fingerprint density at radius 2 is 0.941 bits per heavy atom. The summed E-state index contributed by atoms with van der Waals surface area (Å²) in [4.78, 5) is 9.24. The Bertz CT molecular complexity index is 115. The molecule has 0 atom stereocenters. The Balaban J connectivity index is -0.0000000667. The van der Waals surface area contributed by atoms with Crippen LogP contribution >= 0.6 is 0 Å². The summed E-state index contributed by atoms with van der Waals surface area (Å²) in [5, 5.41) is 31.8. The standard InChI is InChI=1S/3C3H8O.C2H5NO2/c3*1-3(2)4;3-1-2(4)5/h3*3-4H,1-2H3;1,3H2,(H,4,5). The second-order valence-corrected chi connectivity index (χ2v) is 3.88. The van der Waals surface area contributed by atoms with Gasteiger partial charge in [-0.2, -0.15) is 0 Å². The Hall–Kier alpha value is -0.690. The molecule has 0 heterocycles. The molecule has 0 aromatic heterocycles. The van der Waals surface area contributed by atoms with Crippen molar-refractivity contribution < 1.29 is 25.2 Å². The number of aliphatic carboxylic acids is 1. The minimum Gasteiger partial charge on any atom is -0.480 e. The average Bonchev–Trinajstić information content (AvgIpc) is 2.00. The maximum absolute atomic E-state index is 9.24. The molecule has 108 valence electrons. The van der Waals surface area contributed by atoms with E-state index in [0.29, 0.717) is 0 Å². The van der Waals surface area contributed by atoms with Crippen LogP contribution < -0.4 is 5.73 Å². The van der Waals surface area contributed by atoms with E-state index in [9.17, 15) is 4.79 Å². The molecule has 0 bridgehead atoms. The molecular weight excluding hydrogens is 226 g/mol. The van der Waals surface area contributed by atoms with Crippen molar-refractivity contribution in [2.24, 2.45) is 5.73 Å². The monoisotopic (exact) mass is 255 g/mol. The molecule has 0 spiro atoms. The normalized spacial score (nSPS) is 8.53. The minimum atomic E-state index is -0.968. The lowest BCUT2D eigenvalue weighted by Crippen LogP contribution is -2.10. The average molecular weight is 255 g/mol. The smallest absolute Gasteiger partial charge is 0.317 e. The molecule has 0 amide bonds. The van der Waals surface area contributed by atoms with Gasteiger partial charge in [-0.3, -0.25) is 4.79 Å². The zero-order valence-electron chi connectivity index (χ0n) is 11.7. The molecule has 6 nitrogen and oxygen atoms in total. The van der Waals surface area contributed by atoms with Gasteiger partial charge in [-0.1, -0.05) is 0 Å². The quantitative estimate of drug-likeness (QED) is 0.455. The number of carbonyl (C=O) groups is 1. The van der Waals surface area contributed by atoms with Crippen LogP contribution in [0.4, 0.5) is 0 Å². The molecule has 0 rings (SSSR count). The molecule has 0 aliphatic heterocycles. The van der Waals surface area contributed by atoms with Crippen molar-refractivity contribution in [3.63, 3.8) is 0 Å². The summed E-state index contributed by atoms with van der Waals surface area (Å²) < 4.78 is 0. The van der Waals surface area contributed by atoms with Crippen molar-refractivity contribution in [1.29, 1.82) is 0 Å².